The molecule has 3 rings (SSSR count). The molecule has 1 aromatic carbocycles. The quantitative estimate of drug-likeness (QED) is 0.835. The Balaban J connectivity index is 1.74. The first-order valence-electron chi connectivity index (χ1n) is 7.79. The Bertz CT molecular complexity index is 694. The van der Waals surface area contributed by atoms with Crippen LogP contribution in [0.2, 0.25) is 5.02 Å². The Morgan fingerprint density at radius 3 is 3.09 bits per heavy atom. The minimum atomic E-state index is 0.254. The Labute approximate surface area is 136 Å². The van der Waals surface area contributed by atoms with Crippen LogP contribution in [-0.4, -0.2) is 23.2 Å². The number of fused-ring (bicyclic) bond motifs is 1. The number of aromatic hydroxyl groups is 1. The molecular weight excluding hydrogens is 296 g/mol. The van der Waals surface area contributed by atoms with E-state index in [1.807, 2.05) is 6.07 Å². The van der Waals surface area contributed by atoms with Crippen LogP contribution in [0.4, 0.5) is 0 Å². The standard InChI is InChI=1S/C18H21ClN2O/c1-12-10-20-8-7-13(12)3-2-4-15-16-9-14(22)5-6-18(16)21-11-17(15)19/h5-6,9,11,13,20,22H,1-4,7-8,10H2. The molecule has 1 aromatic heterocycles. The fourth-order valence-electron chi connectivity index (χ4n) is 3.21. The van der Waals surface area contributed by atoms with E-state index in [2.05, 4.69) is 16.9 Å². The first-order chi connectivity index (χ1) is 10.6. The van der Waals surface area contributed by atoms with Crippen molar-refractivity contribution in [3.05, 3.63) is 47.1 Å². The van der Waals surface area contributed by atoms with Crippen LogP contribution < -0.4 is 5.32 Å². The lowest BCUT2D eigenvalue weighted by Gasteiger charge is -2.25. The van der Waals surface area contributed by atoms with E-state index in [-0.39, 0.29) is 5.75 Å². The molecule has 116 valence electrons. The highest BCUT2D eigenvalue weighted by molar-refractivity contribution is 6.32. The van der Waals surface area contributed by atoms with Crippen LogP contribution in [0, 0.1) is 5.92 Å². The van der Waals surface area contributed by atoms with Crippen LogP contribution in [0.25, 0.3) is 10.9 Å². The van der Waals surface area contributed by atoms with Crippen molar-refractivity contribution >= 4 is 22.5 Å². The lowest BCUT2D eigenvalue weighted by Crippen LogP contribution is -2.29. The third-order valence-corrected chi connectivity index (χ3v) is 4.81. The van der Waals surface area contributed by atoms with Gasteiger partial charge >= 0.3 is 0 Å². The summed E-state index contributed by atoms with van der Waals surface area (Å²) in [6.07, 6.45) is 5.99. The van der Waals surface area contributed by atoms with Crippen molar-refractivity contribution in [2.75, 3.05) is 13.1 Å². The van der Waals surface area contributed by atoms with Crippen molar-refractivity contribution < 1.29 is 5.11 Å². The Hall–Kier alpha value is -1.58. The lowest BCUT2D eigenvalue weighted by atomic mass is 9.88. The molecule has 1 saturated heterocycles. The number of pyridine rings is 1. The normalized spacial score (nSPS) is 18.8. The van der Waals surface area contributed by atoms with Gasteiger partial charge in [0.15, 0.2) is 0 Å². The molecule has 2 N–H and O–H groups in total. The molecule has 1 aliphatic rings. The number of phenols is 1. The molecule has 0 bridgehead atoms. The number of piperidine rings is 1. The average Bonchev–Trinajstić information content (AvgIpc) is 2.51. The highest BCUT2D eigenvalue weighted by Crippen LogP contribution is 2.30. The van der Waals surface area contributed by atoms with E-state index in [4.69, 9.17) is 11.6 Å². The Morgan fingerprint density at radius 1 is 1.41 bits per heavy atom. The number of benzene rings is 1. The fraction of sp³-hybridized carbons (Fsp3) is 0.389. The maximum absolute atomic E-state index is 9.72. The van der Waals surface area contributed by atoms with Gasteiger partial charge in [-0.1, -0.05) is 23.8 Å². The molecule has 1 atom stereocenters. The first kappa shape index (κ1) is 15.3. The van der Waals surface area contributed by atoms with Crippen LogP contribution in [0.1, 0.15) is 24.8 Å². The largest absolute Gasteiger partial charge is 0.508 e. The van der Waals surface area contributed by atoms with Gasteiger partial charge in [0.2, 0.25) is 0 Å². The van der Waals surface area contributed by atoms with E-state index in [1.54, 1.807) is 18.3 Å². The van der Waals surface area contributed by atoms with Crippen LogP contribution >= 0.6 is 11.6 Å². The van der Waals surface area contributed by atoms with Gasteiger partial charge in [-0.25, -0.2) is 0 Å². The monoisotopic (exact) mass is 316 g/mol. The van der Waals surface area contributed by atoms with Gasteiger partial charge in [0.1, 0.15) is 5.75 Å². The van der Waals surface area contributed by atoms with Crippen molar-refractivity contribution in [2.45, 2.75) is 25.7 Å². The van der Waals surface area contributed by atoms with Gasteiger partial charge in [-0.15, -0.1) is 0 Å². The van der Waals surface area contributed by atoms with Gasteiger partial charge < -0.3 is 10.4 Å². The number of nitrogens with zero attached hydrogens (tertiary/aromatic N) is 1. The molecule has 1 fully saturated rings. The van der Waals surface area contributed by atoms with Crippen LogP contribution in [-0.2, 0) is 6.42 Å². The second-order valence-electron chi connectivity index (χ2n) is 6.00. The predicted octanol–water partition coefficient (Wildman–Crippen LogP) is 4.08. The molecule has 0 aliphatic carbocycles. The molecule has 1 unspecified atom stereocenters. The molecule has 2 heterocycles. The van der Waals surface area contributed by atoms with Crippen molar-refractivity contribution in [1.29, 1.82) is 0 Å². The number of phenolic OH excluding ortho intramolecular Hbond substituents is 1. The Morgan fingerprint density at radius 2 is 2.27 bits per heavy atom. The number of rotatable bonds is 4. The summed E-state index contributed by atoms with van der Waals surface area (Å²) < 4.78 is 0. The van der Waals surface area contributed by atoms with Crippen molar-refractivity contribution in [3.8, 4) is 5.75 Å². The molecule has 3 nitrogen and oxygen atoms in total. The van der Waals surface area contributed by atoms with E-state index in [1.165, 1.54) is 12.0 Å². The molecule has 4 heteroatoms. The number of aryl methyl sites for hydroxylation is 1. The number of halogens is 1. The second-order valence-corrected chi connectivity index (χ2v) is 6.41. The fourth-order valence-corrected chi connectivity index (χ4v) is 3.46. The van der Waals surface area contributed by atoms with E-state index in [0.717, 1.165) is 48.8 Å². The average molecular weight is 317 g/mol. The maximum Gasteiger partial charge on any atom is 0.116 e. The molecular formula is C18H21ClN2O. The van der Waals surface area contributed by atoms with E-state index in [9.17, 15) is 5.11 Å². The molecule has 2 aromatic rings. The third kappa shape index (κ3) is 3.26. The summed E-state index contributed by atoms with van der Waals surface area (Å²) in [5.41, 5.74) is 3.28. The summed E-state index contributed by atoms with van der Waals surface area (Å²) in [4.78, 5) is 4.33. The Kier molecular flexibility index (Phi) is 4.65. The van der Waals surface area contributed by atoms with Gasteiger partial charge in [0.25, 0.3) is 0 Å². The number of hydrogen-bond donors (Lipinski definition) is 2. The second kappa shape index (κ2) is 6.67. The minimum Gasteiger partial charge on any atom is -0.508 e. The van der Waals surface area contributed by atoms with Gasteiger partial charge in [-0.05, 0) is 61.9 Å². The van der Waals surface area contributed by atoms with Crippen LogP contribution in [0.3, 0.4) is 0 Å². The van der Waals surface area contributed by atoms with Crippen molar-refractivity contribution in [3.63, 3.8) is 0 Å². The van der Waals surface area contributed by atoms with Crippen LogP contribution in [0.15, 0.2) is 36.5 Å². The lowest BCUT2D eigenvalue weighted by molar-refractivity contribution is 0.432. The minimum absolute atomic E-state index is 0.254. The summed E-state index contributed by atoms with van der Waals surface area (Å²) >= 11 is 6.33. The molecule has 0 saturated carbocycles. The summed E-state index contributed by atoms with van der Waals surface area (Å²) in [5, 5.41) is 14.7. The van der Waals surface area contributed by atoms with Gasteiger partial charge in [0, 0.05) is 18.1 Å². The molecule has 0 spiro atoms. The summed E-state index contributed by atoms with van der Waals surface area (Å²) in [7, 11) is 0. The molecule has 1 aliphatic heterocycles. The SMILES string of the molecule is C=C1CNCCC1CCCc1c(Cl)cnc2ccc(O)cc12. The van der Waals surface area contributed by atoms with Crippen molar-refractivity contribution in [1.82, 2.24) is 10.3 Å². The topological polar surface area (TPSA) is 45.2 Å². The zero-order chi connectivity index (χ0) is 15.5. The highest BCUT2D eigenvalue weighted by atomic mass is 35.5. The van der Waals surface area contributed by atoms with Gasteiger partial charge in [-0.2, -0.15) is 0 Å². The third-order valence-electron chi connectivity index (χ3n) is 4.49. The molecule has 22 heavy (non-hydrogen) atoms. The van der Waals surface area contributed by atoms with E-state index >= 15 is 0 Å². The van der Waals surface area contributed by atoms with E-state index in [0.29, 0.717) is 10.9 Å². The van der Waals surface area contributed by atoms with E-state index < -0.39 is 0 Å². The van der Waals surface area contributed by atoms with Gasteiger partial charge in [0.05, 0.1) is 10.5 Å². The molecule has 0 radical (unpaired) electrons. The van der Waals surface area contributed by atoms with Crippen molar-refractivity contribution in [2.24, 2.45) is 5.92 Å². The zero-order valence-corrected chi connectivity index (χ0v) is 13.4. The first-order valence-corrected chi connectivity index (χ1v) is 8.17. The van der Waals surface area contributed by atoms with Gasteiger partial charge in [-0.3, -0.25) is 4.98 Å². The van der Waals surface area contributed by atoms with Crippen LogP contribution in [0.5, 0.6) is 5.75 Å². The maximum atomic E-state index is 9.72. The number of aromatic nitrogens is 1. The summed E-state index contributed by atoms with van der Waals surface area (Å²) in [6.45, 7) is 6.19. The number of hydrogen-bond acceptors (Lipinski definition) is 3. The number of nitrogens with one attached hydrogen (secondary N) is 1. The molecule has 0 amide bonds. The highest BCUT2D eigenvalue weighted by Gasteiger charge is 2.17. The predicted molar refractivity (Wildman–Crippen MR) is 91.5 cm³/mol. The smallest absolute Gasteiger partial charge is 0.116 e. The summed E-state index contributed by atoms with van der Waals surface area (Å²) in [5.74, 6) is 0.867. The zero-order valence-electron chi connectivity index (χ0n) is 12.6. The summed E-state index contributed by atoms with van der Waals surface area (Å²) in [6, 6.07) is 5.25.